The van der Waals surface area contributed by atoms with Crippen molar-refractivity contribution in [3.8, 4) is 5.75 Å². The quantitative estimate of drug-likeness (QED) is 0.678. The minimum atomic E-state index is -0.637. The third-order valence-electron chi connectivity index (χ3n) is 6.45. The Morgan fingerprint density at radius 1 is 0.968 bits per heavy atom. The lowest BCUT2D eigenvalue weighted by Crippen LogP contribution is -2.53. The molecule has 0 saturated carbocycles. The fraction of sp³-hybridized carbons (Fsp3) is 0.440. The molecule has 0 aromatic heterocycles. The van der Waals surface area contributed by atoms with Crippen molar-refractivity contribution in [3.63, 3.8) is 0 Å². The van der Waals surface area contributed by atoms with Gasteiger partial charge < -0.3 is 14.5 Å². The zero-order valence-electron chi connectivity index (χ0n) is 17.7. The molecule has 5 rings (SSSR count). The Kier molecular flexibility index (Phi) is 5.90. The van der Waals surface area contributed by atoms with Crippen molar-refractivity contribution in [1.29, 1.82) is 0 Å². The van der Waals surface area contributed by atoms with Crippen LogP contribution in [0.2, 0.25) is 0 Å². The molecule has 5 nitrogen and oxygen atoms in total. The van der Waals surface area contributed by atoms with Gasteiger partial charge >= 0.3 is 0 Å². The van der Waals surface area contributed by atoms with Crippen LogP contribution in [0.1, 0.15) is 36.8 Å². The molecule has 0 N–H and O–H groups in total. The van der Waals surface area contributed by atoms with Crippen molar-refractivity contribution in [2.24, 2.45) is 0 Å². The molecule has 162 valence electrons. The highest BCUT2D eigenvalue weighted by Gasteiger charge is 2.36. The number of aryl methyl sites for hydroxylation is 2. The molecule has 0 radical (unpaired) electrons. The van der Waals surface area contributed by atoms with Crippen LogP contribution < -0.4 is 9.64 Å². The number of fused-ring (bicyclic) bond motifs is 2. The predicted octanol–water partition coefficient (Wildman–Crippen LogP) is 4.07. The highest BCUT2D eigenvalue weighted by molar-refractivity contribution is 8.00. The third-order valence-corrected chi connectivity index (χ3v) is 7.43. The zero-order valence-corrected chi connectivity index (χ0v) is 18.5. The van der Waals surface area contributed by atoms with Gasteiger partial charge in [-0.05, 0) is 73.9 Å². The maximum Gasteiger partial charge on any atom is 0.265 e. The van der Waals surface area contributed by atoms with Crippen molar-refractivity contribution in [2.75, 3.05) is 30.3 Å². The second kappa shape index (κ2) is 8.95. The molecule has 2 aromatic rings. The summed E-state index contributed by atoms with van der Waals surface area (Å²) in [4.78, 5) is 31.1. The molecule has 0 unspecified atom stereocenters. The Labute approximate surface area is 187 Å². The Morgan fingerprint density at radius 2 is 1.77 bits per heavy atom. The number of para-hydroxylation sites is 2. The maximum atomic E-state index is 13.2. The van der Waals surface area contributed by atoms with E-state index in [1.807, 2.05) is 29.2 Å². The van der Waals surface area contributed by atoms with Gasteiger partial charge in [0.25, 0.3) is 5.91 Å². The number of piperidine rings is 1. The number of ether oxygens (including phenoxy) is 1. The Balaban J connectivity index is 1.30. The first-order chi connectivity index (χ1) is 15.2. The van der Waals surface area contributed by atoms with E-state index >= 15 is 0 Å². The smallest absolute Gasteiger partial charge is 0.265 e. The molecule has 1 aliphatic carbocycles. The van der Waals surface area contributed by atoms with Gasteiger partial charge in [-0.1, -0.05) is 18.2 Å². The van der Waals surface area contributed by atoms with E-state index in [1.54, 1.807) is 16.7 Å². The summed E-state index contributed by atoms with van der Waals surface area (Å²) in [5.74, 6) is 0.966. The average molecular weight is 437 g/mol. The number of carbonyl (C=O) groups is 2. The van der Waals surface area contributed by atoms with Crippen LogP contribution in [0.3, 0.4) is 0 Å². The maximum absolute atomic E-state index is 13.2. The van der Waals surface area contributed by atoms with E-state index < -0.39 is 6.10 Å². The standard InChI is InChI=1S/C25H28N2O3S/c28-24(17-31-20-12-11-18-7-6-8-19(18)15-20)27-16-23(25(29)26-13-4-1-5-14-26)30-22-10-3-2-9-21(22)27/h2-3,9-12,15,23H,1,4-8,13-14,16-17H2/t23-/m1/s1. The van der Waals surface area contributed by atoms with Gasteiger partial charge in [0.05, 0.1) is 18.0 Å². The molecular formula is C25H28N2O3S. The number of thioether (sulfide) groups is 1. The van der Waals surface area contributed by atoms with E-state index in [0.29, 0.717) is 11.5 Å². The van der Waals surface area contributed by atoms with Crippen molar-refractivity contribution in [2.45, 2.75) is 49.5 Å². The van der Waals surface area contributed by atoms with Crippen molar-refractivity contribution < 1.29 is 14.3 Å². The van der Waals surface area contributed by atoms with Crippen molar-refractivity contribution in [3.05, 3.63) is 53.6 Å². The number of anilines is 1. The highest BCUT2D eigenvalue weighted by Crippen LogP contribution is 2.35. The number of likely N-dealkylation sites (tertiary alicyclic amines) is 1. The SMILES string of the molecule is O=C([C@H]1CN(C(=O)CSc2ccc3c(c2)CCC3)c2ccccc2O1)N1CCCCC1. The topological polar surface area (TPSA) is 49.9 Å². The zero-order chi connectivity index (χ0) is 21.2. The Hall–Kier alpha value is -2.47. The van der Waals surface area contributed by atoms with Crippen LogP contribution in [-0.4, -0.2) is 48.2 Å². The third kappa shape index (κ3) is 4.31. The van der Waals surface area contributed by atoms with E-state index in [1.165, 1.54) is 24.0 Å². The Bertz CT molecular complexity index is 986. The van der Waals surface area contributed by atoms with Gasteiger partial charge in [0.2, 0.25) is 5.91 Å². The molecule has 0 bridgehead atoms. The molecule has 3 aliphatic rings. The molecule has 6 heteroatoms. The van der Waals surface area contributed by atoms with E-state index in [9.17, 15) is 9.59 Å². The van der Waals surface area contributed by atoms with E-state index in [2.05, 4.69) is 18.2 Å². The van der Waals surface area contributed by atoms with Gasteiger partial charge in [0, 0.05) is 18.0 Å². The molecular weight excluding hydrogens is 408 g/mol. The number of nitrogens with zero attached hydrogens (tertiary/aromatic N) is 2. The van der Waals surface area contributed by atoms with Crippen LogP contribution in [0.15, 0.2) is 47.4 Å². The van der Waals surface area contributed by atoms with Gasteiger partial charge in [0.15, 0.2) is 6.10 Å². The summed E-state index contributed by atoms with van der Waals surface area (Å²) in [6.07, 6.45) is 6.12. The van der Waals surface area contributed by atoms with Crippen LogP contribution in [0.4, 0.5) is 5.69 Å². The first-order valence-electron chi connectivity index (χ1n) is 11.3. The molecule has 1 fully saturated rings. The number of amides is 2. The molecule has 2 heterocycles. The van der Waals surface area contributed by atoms with Gasteiger partial charge in [-0.15, -0.1) is 11.8 Å². The molecule has 1 saturated heterocycles. The molecule has 2 amide bonds. The molecule has 0 spiro atoms. The number of benzene rings is 2. The van der Waals surface area contributed by atoms with E-state index in [-0.39, 0.29) is 18.4 Å². The van der Waals surface area contributed by atoms with E-state index in [4.69, 9.17) is 4.74 Å². The summed E-state index contributed by atoms with van der Waals surface area (Å²) in [5.41, 5.74) is 3.61. The van der Waals surface area contributed by atoms with Gasteiger partial charge in [-0.25, -0.2) is 0 Å². The lowest BCUT2D eigenvalue weighted by Gasteiger charge is -2.37. The number of carbonyl (C=O) groups excluding carboxylic acids is 2. The summed E-state index contributed by atoms with van der Waals surface area (Å²) in [5, 5.41) is 0. The molecule has 2 aliphatic heterocycles. The second-order valence-corrected chi connectivity index (χ2v) is 9.59. The summed E-state index contributed by atoms with van der Waals surface area (Å²) in [6, 6.07) is 14.1. The fourth-order valence-electron chi connectivity index (χ4n) is 4.78. The minimum Gasteiger partial charge on any atom is -0.476 e. The summed E-state index contributed by atoms with van der Waals surface area (Å²) in [7, 11) is 0. The monoisotopic (exact) mass is 436 g/mol. The van der Waals surface area contributed by atoms with Gasteiger partial charge in [0.1, 0.15) is 5.75 Å². The lowest BCUT2D eigenvalue weighted by molar-refractivity contribution is -0.139. The van der Waals surface area contributed by atoms with Gasteiger partial charge in [-0.3, -0.25) is 9.59 Å². The van der Waals surface area contributed by atoms with Crippen molar-refractivity contribution >= 4 is 29.3 Å². The minimum absolute atomic E-state index is 0.00159. The first-order valence-corrected chi connectivity index (χ1v) is 12.3. The number of hydrogen-bond acceptors (Lipinski definition) is 4. The van der Waals surface area contributed by atoms with Crippen LogP contribution in [-0.2, 0) is 22.4 Å². The largest absolute Gasteiger partial charge is 0.476 e. The Morgan fingerprint density at radius 3 is 2.65 bits per heavy atom. The fourth-order valence-corrected chi connectivity index (χ4v) is 5.61. The average Bonchev–Trinajstić information content (AvgIpc) is 3.30. The van der Waals surface area contributed by atoms with Crippen LogP contribution in [0.25, 0.3) is 0 Å². The van der Waals surface area contributed by atoms with Crippen LogP contribution in [0, 0.1) is 0 Å². The first kappa shape index (κ1) is 20.4. The predicted molar refractivity (Wildman–Crippen MR) is 123 cm³/mol. The van der Waals surface area contributed by atoms with Gasteiger partial charge in [-0.2, -0.15) is 0 Å². The summed E-state index contributed by atoms with van der Waals surface area (Å²) < 4.78 is 6.05. The van der Waals surface area contributed by atoms with Crippen LogP contribution in [0.5, 0.6) is 5.75 Å². The second-order valence-electron chi connectivity index (χ2n) is 8.54. The molecule has 2 aromatic carbocycles. The summed E-state index contributed by atoms with van der Waals surface area (Å²) >= 11 is 1.57. The lowest BCUT2D eigenvalue weighted by atomic mass is 10.1. The number of rotatable bonds is 4. The normalized spacial score (nSPS) is 20.1. The number of hydrogen-bond donors (Lipinski definition) is 0. The summed E-state index contributed by atoms with van der Waals surface area (Å²) in [6.45, 7) is 1.83. The molecule has 31 heavy (non-hydrogen) atoms. The highest BCUT2D eigenvalue weighted by atomic mass is 32.2. The van der Waals surface area contributed by atoms with E-state index in [0.717, 1.165) is 49.4 Å². The van der Waals surface area contributed by atoms with Crippen LogP contribution >= 0.6 is 11.8 Å². The van der Waals surface area contributed by atoms with Crippen molar-refractivity contribution in [1.82, 2.24) is 4.90 Å². The molecule has 1 atom stereocenters.